The van der Waals surface area contributed by atoms with Crippen molar-refractivity contribution in [1.29, 1.82) is 5.26 Å². The van der Waals surface area contributed by atoms with Crippen LogP contribution in [0.15, 0.2) is 35.2 Å². The number of sulfonamides is 1. The van der Waals surface area contributed by atoms with Gasteiger partial charge in [0.05, 0.1) is 17.6 Å². The van der Waals surface area contributed by atoms with Gasteiger partial charge in [0.15, 0.2) is 0 Å². The molecule has 1 fully saturated rings. The van der Waals surface area contributed by atoms with E-state index in [0.717, 1.165) is 12.8 Å². The summed E-state index contributed by atoms with van der Waals surface area (Å²) < 4.78 is 31.7. The van der Waals surface area contributed by atoms with Crippen LogP contribution >= 0.6 is 0 Å². The van der Waals surface area contributed by atoms with Crippen molar-refractivity contribution in [1.82, 2.24) is 4.31 Å². The first-order valence-electron chi connectivity index (χ1n) is 8.21. The predicted octanol–water partition coefficient (Wildman–Crippen LogP) is 2.72. The third-order valence-electron chi connectivity index (χ3n) is 4.48. The molecule has 0 unspecified atom stereocenters. The average Bonchev–Trinajstić information content (AvgIpc) is 3.10. The first-order chi connectivity index (χ1) is 11.9. The van der Waals surface area contributed by atoms with Crippen LogP contribution in [0.3, 0.4) is 0 Å². The van der Waals surface area contributed by atoms with Gasteiger partial charge in [-0.15, -0.1) is 0 Å². The Bertz CT molecular complexity index is 785. The summed E-state index contributed by atoms with van der Waals surface area (Å²) in [4.78, 5) is 11.4. The molecule has 1 aliphatic rings. The van der Waals surface area contributed by atoms with Crippen LogP contribution in [0.25, 0.3) is 6.08 Å². The van der Waals surface area contributed by atoms with Crippen molar-refractivity contribution in [3.63, 3.8) is 0 Å². The lowest BCUT2D eigenvalue weighted by Gasteiger charge is -2.31. The molecule has 7 heteroatoms. The van der Waals surface area contributed by atoms with E-state index >= 15 is 0 Å². The number of carbonyl (C=O) groups excluding carboxylic acids is 1. The van der Waals surface area contributed by atoms with Crippen LogP contribution in [0.5, 0.6) is 0 Å². The number of nitriles is 1. The van der Waals surface area contributed by atoms with E-state index < -0.39 is 21.5 Å². The molecule has 134 valence electrons. The Morgan fingerprint density at radius 1 is 1.32 bits per heavy atom. The standard InChI is InChI=1S/C18H22N2O4S/c1-3-24-17(21)11-8-15-6-9-16(10-7-15)25(22,23)20(2)18(14-19)12-4-5-13-18/h6-11H,3-5,12-13H2,1-2H3. The number of nitrogens with zero attached hydrogens (tertiary/aromatic N) is 2. The Morgan fingerprint density at radius 2 is 1.92 bits per heavy atom. The van der Waals surface area contributed by atoms with Gasteiger partial charge in [0.25, 0.3) is 0 Å². The molecule has 1 aliphatic carbocycles. The van der Waals surface area contributed by atoms with Crippen LogP contribution in [0.2, 0.25) is 0 Å². The van der Waals surface area contributed by atoms with Crippen molar-refractivity contribution < 1.29 is 17.9 Å². The molecule has 0 amide bonds. The quantitative estimate of drug-likeness (QED) is 0.573. The van der Waals surface area contributed by atoms with E-state index in [4.69, 9.17) is 4.74 Å². The first kappa shape index (κ1) is 19.2. The molecule has 0 N–H and O–H groups in total. The minimum atomic E-state index is -3.75. The highest BCUT2D eigenvalue weighted by Crippen LogP contribution is 2.37. The molecule has 6 nitrogen and oxygen atoms in total. The Kier molecular flexibility index (Phi) is 5.98. The molecule has 0 radical (unpaired) electrons. The highest BCUT2D eigenvalue weighted by atomic mass is 32.2. The molecular formula is C18H22N2O4S. The Hall–Kier alpha value is -2.17. The minimum Gasteiger partial charge on any atom is -0.463 e. The van der Waals surface area contributed by atoms with E-state index in [0.29, 0.717) is 25.0 Å². The second kappa shape index (κ2) is 7.81. The number of hydrogen-bond acceptors (Lipinski definition) is 5. The fourth-order valence-electron chi connectivity index (χ4n) is 2.95. The minimum absolute atomic E-state index is 0.129. The molecular weight excluding hydrogens is 340 g/mol. The average molecular weight is 362 g/mol. The number of ether oxygens (including phenoxy) is 1. The van der Waals surface area contributed by atoms with Crippen LogP contribution in [-0.4, -0.2) is 37.9 Å². The molecule has 0 heterocycles. The molecule has 0 bridgehead atoms. The third kappa shape index (κ3) is 4.09. The van der Waals surface area contributed by atoms with Crippen molar-refractivity contribution in [2.24, 2.45) is 0 Å². The molecule has 0 atom stereocenters. The molecule has 1 aromatic rings. The zero-order valence-corrected chi connectivity index (χ0v) is 15.3. The highest BCUT2D eigenvalue weighted by Gasteiger charge is 2.44. The predicted molar refractivity (Wildman–Crippen MR) is 93.9 cm³/mol. The van der Waals surface area contributed by atoms with Gasteiger partial charge in [-0.3, -0.25) is 0 Å². The summed E-state index contributed by atoms with van der Waals surface area (Å²) in [5.74, 6) is -0.448. The second-order valence-corrected chi connectivity index (χ2v) is 7.95. The third-order valence-corrected chi connectivity index (χ3v) is 6.42. The zero-order valence-electron chi connectivity index (χ0n) is 14.4. The summed E-state index contributed by atoms with van der Waals surface area (Å²) in [6.07, 6.45) is 5.67. The molecule has 0 aliphatic heterocycles. The van der Waals surface area contributed by atoms with E-state index in [2.05, 4.69) is 6.07 Å². The Labute approximate surface area is 148 Å². The smallest absolute Gasteiger partial charge is 0.330 e. The Balaban J connectivity index is 2.20. The van der Waals surface area contributed by atoms with Gasteiger partial charge in [0.2, 0.25) is 10.0 Å². The fraction of sp³-hybridized carbons (Fsp3) is 0.444. The van der Waals surface area contributed by atoms with Gasteiger partial charge in [0, 0.05) is 13.1 Å². The van der Waals surface area contributed by atoms with Crippen molar-refractivity contribution in [3.05, 3.63) is 35.9 Å². The maximum atomic E-state index is 12.8. The number of esters is 1. The van der Waals surface area contributed by atoms with Gasteiger partial charge in [0.1, 0.15) is 5.54 Å². The molecule has 0 aromatic heterocycles. The molecule has 1 aromatic carbocycles. The SMILES string of the molecule is CCOC(=O)C=Cc1ccc(S(=O)(=O)N(C)C2(C#N)CCCC2)cc1. The van der Waals surface area contributed by atoms with E-state index in [1.54, 1.807) is 25.1 Å². The largest absolute Gasteiger partial charge is 0.463 e. The topological polar surface area (TPSA) is 87.5 Å². The van der Waals surface area contributed by atoms with Crippen LogP contribution in [0, 0.1) is 11.3 Å². The molecule has 0 saturated heterocycles. The summed E-state index contributed by atoms with van der Waals surface area (Å²) in [5.41, 5.74) is -0.271. The van der Waals surface area contributed by atoms with Crippen LogP contribution in [0.4, 0.5) is 0 Å². The number of carbonyl (C=O) groups is 1. The molecule has 2 rings (SSSR count). The van der Waals surface area contributed by atoms with Gasteiger partial charge < -0.3 is 4.74 Å². The van der Waals surface area contributed by atoms with E-state index in [1.807, 2.05) is 0 Å². The monoisotopic (exact) mass is 362 g/mol. The van der Waals surface area contributed by atoms with Gasteiger partial charge in [-0.2, -0.15) is 9.57 Å². The summed E-state index contributed by atoms with van der Waals surface area (Å²) in [7, 11) is -2.28. The lowest BCUT2D eigenvalue weighted by Crippen LogP contribution is -2.46. The van der Waals surface area contributed by atoms with Crippen molar-refractivity contribution >= 4 is 22.1 Å². The van der Waals surface area contributed by atoms with Gasteiger partial charge >= 0.3 is 5.97 Å². The highest BCUT2D eigenvalue weighted by molar-refractivity contribution is 7.89. The van der Waals surface area contributed by atoms with E-state index in [-0.39, 0.29) is 4.90 Å². The summed E-state index contributed by atoms with van der Waals surface area (Å²) in [6, 6.07) is 8.39. The number of benzene rings is 1. The second-order valence-electron chi connectivity index (χ2n) is 5.98. The van der Waals surface area contributed by atoms with Crippen molar-refractivity contribution in [2.75, 3.05) is 13.7 Å². The van der Waals surface area contributed by atoms with Crippen LogP contribution in [-0.2, 0) is 19.6 Å². The zero-order chi connectivity index (χ0) is 18.5. The summed E-state index contributed by atoms with van der Waals surface area (Å²) in [5, 5.41) is 9.50. The summed E-state index contributed by atoms with van der Waals surface area (Å²) in [6.45, 7) is 2.02. The lowest BCUT2D eigenvalue weighted by atomic mass is 10.0. The van der Waals surface area contributed by atoms with E-state index in [1.165, 1.54) is 29.6 Å². The molecule has 25 heavy (non-hydrogen) atoms. The van der Waals surface area contributed by atoms with Gasteiger partial charge in [-0.05, 0) is 43.5 Å². The Morgan fingerprint density at radius 3 is 2.44 bits per heavy atom. The van der Waals surface area contributed by atoms with Crippen molar-refractivity contribution in [3.8, 4) is 6.07 Å². The maximum absolute atomic E-state index is 12.8. The van der Waals surface area contributed by atoms with Gasteiger partial charge in [-0.25, -0.2) is 13.2 Å². The number of rotatable bonds is 6. The van der Waals surface area contributed by atoms with Crippen molar-refractivity contribution in [2.45, 2.75) is 43.0 Å². The summed E-state index contributed by atoms with van der Waals surface area (Å²) >= 11 is 0. The maximum Gasteiger partial charge on any atom is 0.330 e. The van der Waals surface area contributed by atoms with Crippen LogP contribution in [0.1, 0.15) is 38.2 Å². The van der Waals surface area contributed by atoms with Crippen LogP contribution < -0.4 is 0 Å². The molecule has 1 saturated carbocycles. The van der Waals surface area contributed by atoms with Gasteiger partial charge in [-0.1, -0.05) is 25.0 Å². The first-order valence-corrected chi connectivity index (χ1v) is 9.65. The normalized spacial score (nSPS) is 16.9. The van der Waals surface area contributed by atoms with E-state index in [9.17, 15) is 18.5 Å². The molecule has 0 spiro atoms. The fourth-order valence-corrected chi connectivity index (χ4v) is 4.43. The number of hydrogen-bond donors (Lipinski definition) is 0. The lowest BCUT2D eigenvalue weighted by molar-refractivity contribution is -0.137.